The van der Waals surface area contributed by atoms with Gasteiger partial charge >= 0.3 is 0 Å². The fourth-order valence-electron chi connectivity index (χ4n) is 2.14. The monoisotopic (exact) mass is 301 g/mol. The van der Waals surface area contributed by atoms with Gasteiger partial charge in [-0.3, -0.25) is 4.79 Å². The van der Waals surface area contributed by atoms with Gasteiger partial charge in [-0.25, -0.2) is 4.98 Å². The molecule has 0 spiro atoms. The molecule has 98 valence electrons. The van der Waals surface area contributed by atoms with Crippen molar-refractivity contribution in [2.45, 2.75) is 0 Å². The summed E-state index contributed by atoms with van der Waals surface area (Å²) in [6.45, 7) is 0. The number of nitrogens with zero attached hydrogens (tertiary/aromatic N) is 1. The number of halogens is 2. The van der Waals surface area contributed by atoms with E-state index in [9.17, 15) is 4.79 Å². The van der Waals surface area contributed by atoms with Gasteiger partial charge in [0.05, 0.1) is 16.2 Å². The summed E-state index contributed by atoms with van der Waals surface area (Å²) in [6.07, 6.45) is 0.784. The average Bonchev–Trinajstić information content (AvgIpc) is 2.47. The maximum Gasteiger partial charge on any atom is 0.152 e. The Labute approximate surface area is 126 Å². The van der Waals surface area contributed by atoms with Crippen LogP contribution in [0.5, 0.6) is 0 Å². The van der Waals surface area contributed by atoms with Crippen LogP contribution in [0.15, 0.2) is 48.5 Å². The number of fused-ring (bicyclic) bond motifs is 1. The van der Waals surface area contributed by atoms with Crippen molar-refractivity contribution in [3.05, 3.63) is 64.1 Å². The van der Waals surface area contributed by atoms with Crippen LogP contribution in [0.2, 0.25) is 10.0 Å². The Morgan fingerprint density at radius 3 is 2.45 bits per heavy atom. The number of pyridine rings is 1. The van der Waals surface area contributed by atoms with Crippen molar-refractivity contribution < 1.29 is 4.79 Å². The Morgan fingerprint density at radius 1 is 0.950 bits per heavy atom. The minimum atomic E-state index is 0.493. The van der Waals surface area contributed by atoms with Crippen LogP contribution >= 0.6 is 23.2 Å². The third-order valence-electron chi connectivity index (χ3n) is 3.08. The third kappa shape index (κ3) is 2.17. The maximum absolute atomic E-state index is 11.3. The molecule has 0 saturated heterocycles. The number of hydrogen-bond donors (Lipinski definition) is 0. The summed E-state index contributed by atoms with van der Waals surface area (Å²) < 4.78 is 0. The van der Waals surface area contributed by atoms with Crippen LogP contribution < -0.4 is 0 Å². The lowest BCUT2D eigenvalue weighted by Gasteiger charge is -2.09. The molecule has 2 aromatic carbocycles. The van der Waals surface area contributed by atoms with Crippen LogP contribution in [0.25, 0.3) is 22.2 Å². The van der Waals surface area contributed by atoms with Crippen LogP contribution in [0.4, 0.5) is 0 Å². The van der Waals surface area contributed by atoms with Crippen LogP contribution in [0.1, 0.15) is 10.4 Å². The lowest BCUT2D eigenvalue weighted by atomic mass is 10.0. The molecular weight excluding hydrogens is 293 g/mol. The molecule has 1 aromatic heterocycles. The van der Waals surface area contributed by atoms with E-state index in [-0.39, 0.29) is 0 Å². The lowest BCUT2D eigenvalue weighted by molar-refractivity contribution is 0.112. The molecule has 0 N–H and O–H groups in total. The van der Waals surface area contributed by atoms with Crippen molar-refractivity contribution in [1.82, 2.24) is 4.98 Å². The number of carbonyl (C=O) groups excluding carboxylic acids is 1. The van der Waals surface area contributed by atoms with E-state index in [0.717, 1.165) is 17.2 Å². The zero-order valence-electron chi connectivity index (χ0n) is 10.3. The van der Waals surface area contributed by atoms with Crippen molar-refractivity contribution in [3.63, 3.8) is 0 Å². The van der Waals surface area contributed by atoms with E-state index in [0.29, 0.717) is 26.8 Å². The highest BCUT2D eigenvalue weighted by atomic mass is 35.5. The number of para-hydroxylation sites is 1. The first-order chi connectivity index (χ1) is 9.70. The normalized spacial score (nSPS) is 10.7. The van der Waals surface area contributed by atoms with Crippen molar-refractivity contribution in [2.24, 2.45) is 0 Å². The van der Waals surface area contributed by atoms with Crippen LogP contribution in [0.3, 0.4) is 0 Å². The average molecular weight is 302 g/mol. The minimum absolute atomic E-state index is 0.493. The molecule has 0 unspecified atom stereocenters. The quantitative estimate of drug-likeness (QED) is 0.622. The summed E-state index contributed by atoms with van der Waals surface area (Å²) >= 11 is 12.4. The highest BCUT2D eigenvalue weighted by Gasteiger charge is 2.12. The molecule has 20 heavy (non-hydrogen) atoms. The summed E-state index contributed by atoms with van der Waals surface area (Å²) in [6, 6.07) is 14.5. The van der Waals surface area contributed by atoms with Crippen molar-refractivity contribution in [1.29, 1.82) is 0 Å². The molecule has 3 rings (SSSR count). The summed E-state index contributed by atoms with van der Waals surface area (Å²) in [5.41, 5.74) is 2.42. The van der Waals surface area contributed by atoms with Crippen molar-refractivity contribution in [3.8, 4) is 11.3 Å². The van der Waals surface area contributed by atoms with Gasteiger partial charge in [0.15, 0.2) is 6.29 Å². The van der Waals surface area contributed by atoms with Gasteiger partial charge in [-0.1, -0.05) is 53.5 Å². The van der Waals surface area contributed by atoms with E-state index < -0.39 is 0 Å². The molecule has 0 aliphatic rings. The molecular formula is C16H9Cl2NO. The van der Waals surface area contributed by atoms with Crippen LogP contribution in [-0.4, -0.2) is 11.3 Å². The molecule has 0 radical (unpaired) electrons. The van der Waals surface area contributed by atoms with E-state index in [1.54, 1.807) is 18.2 Å². The van der Waals surface area contributed by atoms with E-state index in [2.05, 4.69) is 4.98 Å². The molecule has 4 heteroatoms. The molecule has 2 nitrogen and oxygen atoms in total. The van der Waals surface area contributed by atoms with Crippen molar-refractivity contribution >= 4 is 40.4 Å². The molecule has 0 fully saturated rings. The molecule has 0 aliphatic carbocycles. The second kappa shape index (κ2) is 5.23. The molecule has 0 atom stereocenters. The smallest absolute Gasteiger partial charge is 0.152 e. The summed E-state index contributed by atoms with van der Waals surface area (Å²) in [4.78, 5) is 15.9. The van der Waals surface area contributed by atoms with E-state index in [1.807, 2.05) is 30.3 Å². The number of rotatable bonds is 2. The van der Waals surface area contributed by atoms with Crippen molar-refractivity contribution in [2.75, 3.05) is 0 Å². The molecule has 0 amide bonds. The second-order valence-corrected chi connectivity index (χ2v) is 5.15. The van der Waals surface area contributed by atoms with Gasteiger partial charge in [-0.15, -0.1) is 0 Å². The molecule has 0 aliphatic heterocycles. The highest BCUT2D eigenvalue weighted by Crippen LogP contribution is 2.32. The minimum Gasteiger partial charge on any atom is -0.298 e. The topological polar surface area (TPSA) is 30.0 Å². The zero-order valence-corrected chi connectivity index (χ0v) is 11.8. The Morgan fingerprint density at radius 2 is 1.70 bits per heavy atom. The number of hydrogen-bond acceptors (Lipinski definition) is 2. The highest BCUT2D eigenvalue weighted by molar-refractivity contribution is 6.35. The number of aldehydes is 1. The summed E-state index contributed by atoms with van der Waals surface area (Å²) in [7, 11) is 0. The van der Waals surface area contributed by atoms with Gasteiger partial charge in [-0.05, 0) is 18.2 Å². The number of benzene rings is 2. The van der Waals surface area contributed by atoms with Gasteiger partial charge in [0, 0.05) is 21.5 Å². The number of aromatic nitrogens is 1. The first kappa shape index (κ1) is 13.1. The van der Waals surface area contributed by atoms with Gasteiger partial charge in [0.2, 0.25) is 0 Å². The predicted octanol–water partition coefficient (Wildman–Crippen LogP) is 5.02. The SMILES string of the molecule is O=Cc1cc2cccc(Cl)c2nc1-c1ccccc1Cl. The fourth-order valence-corrected chi connectivity index (χ4v) is 2.59. The first-order valence-corrected chi connectivity index (χ1v) is 6.75. The predicted molar refractivity (Wildman–Crippen MR) is 82.6 cm³/mol. The van der Waals surface area contributed by atoms with E-state index in [4.69, 9.17) is 23.2 Å². The molecule has 1 heterocycles. The molecule has 3 aromatic rings. The lowest BCUT2D eigenvalue weighted by Crippen LogP contribution is -1.94. The second-order valence-electron chi connectivity index (χ2n) is 4.34. The Kier molecular flexibility index (Phi) is 3.43. The maximum atomic E-state index is 11.3. The largest absolute Gasteiger partial charge is 0.298 e. The Balaban J connectivity index is 2.37. The molecule has 0 saturated carbocycles. The summed E-state index contributed by atoms with van der Waals surface area (Å²) in [5.74, 6) is 0. The third-order valence-corrected chi connectivity index (χ3v) is 3.72. The number of carbonyl (C=O) groups is 1. The van der Waals surface area contributed by atoms with Crippen LogP contribution in [0, 0.1) is 0 Å². The van der Waals surface area contributed by atoms with Crippen LogP contribution in [-0.2, 0) is 0 Å². The van der Waals surface area contributed by atoms with E-state index >= 15 is 0 Å². The van der Waals surface area contributed by atoms with Gasteiger partial charge < -0.3 is 0 Å². The summed E-state index contributed by atoms with van der Waals surface area (Å²) in [5, 5.41) is 1.93. The molecule has 0 bridgehead atoms. The zero-order chi connectivity index (χ0) is 14.1. The van der Waals surface area contributed by atoms with E-state index in [1.165, 1.54) is 0 Å². The van der Waals surface area contributed by atoms with Gasteiger partial charge in [-0.2, -0.15) is 0 Å². The van der Waals surface area contributed by atoms with Gasteiger partial charge in [0.25, 0.3) is 0 Å². The standard InChI is InChI=1S/C16H9Cl2NO/c17-13-6-2-1-5-12(13)15-11(9-20)8-10-4-3-7-14(18)16(10)19-15/h1-9H. The first-order valence-electron chi connectivity index (χ1n) is 6.00. The Hall–Kier alpha value is -1.90. The fraction of sp³-hybridized carbons (Fsp3) is 0. The van der Waals surface area contributed by atoms with Gasteiger partial charge in [0.1, 0.15) is 0 Å². The Bertz CT molecular complexity index is 815.